The van der Waals surface area contributed by atoms with Crippen molar-refractivity contribution in [1.29, 1.82) is 0 Å². The van der Waals surface area contributed by atoms with E-state index in [2.05, 4.69) is 4.74 Å². The smallest absolute Gasteiger partial charge is 0.313 e. The molecule has 0 atom stereocenters. The minimum absolute atomic E-state index is 0.00667. The van der Waals surface area contributed by atoms with Gasteiger partial charge in [0, 0.05) is 0 Å². The highest BCUT2D eigenvalue weighted by atomic mass is 19.1. The number of rotatable bonds is 6. The quantitative estimate of drug-likeness (QED) is 0.575. The highest BCUT2D eigenvalue weighted by molar-refractivity contribution is 5.96. The SMILES string of the molecule is CCOC(=O)CC(=O)COc1cc(C)ccc1F. The maximum absolute atomic E-state index is 13.3. The van der Waals surface area contributed by atoms with Gasteiger partial charge in [-0.05, 0) is 31.5 Å². The molecule has 0 N–H and O–H groups in total. The van der Waals surface area contributed by atoms with Gasteiger partial charge in [0.15, 0.2) is 17.3 Å². The Morgan fingerprint density at radius 2 is 2.06 bits per heavy atom. The van der Waals surface area contributed by atoms with Crippen molar-refractivity contribution in [2.45, 2.75) is 20.3 Å². The topological polar surface area (TPSA) is 52.6 Å². The number of ether oxygens (including phenoxy) is 2. The van der Waals surface area contributed by atoms with E-state index in [4.69, 9.17) is 4.74 Å². The summed E-state index contributed by atoms with van der Waals surface area (Å²) in [5.41, 5.74) is 0.823. The lowest BCUT2D eigenvalue weighted by atomic mass is 10.2. The number of hydrogen-bond donors (Lipinski definition) is 0. The normalized spacial score (nSPS) is 9.94. The fraction of sp³-hybridized carbons (Fsp3) is 0.385. The van der Waals surface area contributed by atoms with Crippen LogP contribution in [0.2, 0.25) is 0 Å². The summed E-state index contributed by atoms with van der Waals surface area (Å²) in [4.78, 5) is 22.4. The molecule has 0 saturated heterocycles. The number of ketones is 1. The number of carbonyl (C=O) groups is 2. The van der Waals surface area contributed by atoms with Crippen LogP contribution in [0.3, 0.4) is 0 Å². The van der Waals surface area contributed by atoms with Gasteiger partial charge < -0.3 is 9.47 Å². The molecular weight excluding hydrogens is 239 g/mol. The largest absolute Gasteiger partial charge is 0.483 e. The Balaban J connectivity index is 2.47. The highest BCUT2D eigenvalue weighted by Gasteiger charge is 2.12. The molecule has 18 heavy (non-hydrogen) atoms. The Morgan fingerprint density at radius 3 is 2.72 bits per heavy atom. The van der Waals surface area contributed by atoms with Crippen LogP contribution in [0.25, 0.3) is 0 Å². The molecule has 4 nitrogen and oxygen atoms in total. The minimum atomic E-state index is -0.601. The van der Waals surface area contributed by atoms with Crippen LogP contribution in [0.4, 0.5) is 4.39 Å². The third kappa shape index (κ3) is 4.53. The van der Waals surface area contributed by atoms with E-state index < -0.39 is 17.6 Å². The Hall–Kier alpha value is -1.91. The second-order valence-corrected chi connectivity index (χ2v) is 3.74. The zero-order valence-corrected chi connectivity index (χ0v) is 10.4. The molecule has 0 heterocycles. The zero-order chi connectivity index (χ0) is 13.5. The molecule has 0 unspecified atom stereocenters. The van der Waals surface area contributed by atoms with Gasteiger partial charge in [-0.15, -0.1) is 0 Å². The number of aryl methyl sites for hydroxylation is 1. The van der Waals surface area contributed by atoms with E-state index in [1.165, 1.54) is 12.1 Å². The Bertz CT molecular complexity index is 443. The summed E-state index contributed by atoms with van der Waals surface area (Å²) in [6, 6.07) is 4.36. The lowest BCUT2D eigenvalue weighted by molar-refractivity contribution is -0.145. The van der Waals surface area contributed by atoms with Gasteiger partial charge in [-0.25, -0.2) is 4.39 Å². The van der Waals surface area contributed by atoms with E-state index in [9.17, 15) is 14.0 Å². The van der Waals surface area contributed by atoms with Gasteiger partial charge in [-0.3, -0.25) is 9.59 Å². The van der Waals surface area contributed by atoms with Crippen LogP contribution in [0.1, 0.15) is 18.9 Å². The van der Waals surface area contributed by atoms with Crippen LogP contribution in [0.5, 0.6) is 5.75 Å². The van der Waals surface area contributed by atoms with Crippen LogP contribution in [-0.2, 0) is 14.3 Å². The second-order valence-electron chi connectivity index (χ2n) is 3.74. The highest BCUT2D eigenvalue weighted by Crippen LogP contribution is 2.18. The van der Waals surface area contributed by atoms with Crippen molar-refractivity contribution in [3.05, 3.63) is 29.6 Å². The molecule has 0 aliphatic heterocycles. The van der Waals surface area contributed by atoms with Gasteiger partial charge >= 0.3 is 5.97 Å². The van der Waals surface area contributed by atoms with Gasteiger partial charge in [0.2, 0.25) is 0 Å². The second kappa shape index (κ2) is 6.74. The number of hydrogen-bond acceptors (Lipinski definition) is 4. The van der Waals surface area contributed by atoms with Gasteiger partial charge in [-0.1, -0.05) is 6.07 Å². The van der Waals surface area contributed by atoms with Crippen LogP contribution in [0.15, 0.2) is 18.2 Å². The molecule has 1 aromatic carbocycles. The molecular formula is C13H15FO4. The van der Waals surface area contributed by atoms with E-state index in [1.807, 2.05) is 0 Å². The maximum atomic E-state index is 13.3. The van der Waals surface area contributed by atoms with Crippen LogP contribution in [0, 0.1) is 12.7 Å². The van der Waals surface area contributed by atoms with Gasteiger partial charge in [-0.2, -0.15) is 0 Å². The molecule has 0 spiro atoms. The van der Waals surface area contributed by atoms with Gasteiger partial charge in [0.25, 0.3) is 0 Å². The number of benzene rings is 1. The molecule has 0 radical (unpaired) electrons. The van der Waals surface area contributed by atoms with E-state index in [0.29, 0.717) is 0 Å². The molecule has 5 heteroatoms. The first-order valence-electron chi connectivity index (χ1n) is 5.59. The van der Waals surface area contributed by atoms with E-state index in [1.54, 1.807) is 19.9 Å². The summed E-state index contributed by atoms with van der Waals surface area (Å²) in [7, 11) is 0. The van der Waals surface area contributed by atoms with Gasteiger partial charge in [0.05, 0.1) is 6.61 Å². The van der Waals surface area contributed by atoms with Crippen molar-refractivity contribution < 1.29 is 23.5 Å². The molecule has 0 amide bonds. The molecule has 0 fully saturated rings. The number of carbonyl (C=O) groups excluding carboxylic acids is 2. The fourth-order valence-electron chi connectivity index (χ4n) is 1.30. The fourth-order valence-corrected chi connectivity index (χ4v) is 1.30. The minimum Gasteiger partial charge on any atom is -0.483 e. The maximum Gasteiger partial charge on any atom is 0.313 e. The number of halogens is 1. The molecule has 1 aromatic rings. The summed E-state index contributed by atoms with van der Waals surface area (Å²) < 4.78 is 22.9. The van der Waals surface area contributed by atoms with E-state index in [-0.39, 0.29) is 25.4 Å². The lowest BCUT2D eigenvalue weighted by Gasteiger charge is -2.07. The Kier molecular flexibility index (Phi) is 5.30. The number of esters is 1. The standard InChI is InChI=1S/C13H15FO4/c1-3-17-13(16)7-10(15)8-18-12-6-9(2)4-5-11(12)14/h4-6H,3,7-8H2,1-2H3. The zero-order valence-electron chi connectivity index (χ0n) is 10.4. The molecule has 1 rings (SSSR count). The third-order valence-electron chi connectivity index (χ3n) is 2.12. The Morgan fingerprint density at radius 1 is 1.33 bits per heavy atom. The van der Waals surface area contributed by atoms with Crippen molar-refractivity contribution in [3.63, 3.8) is 0 Å². The van der Waals surface area contributed by atoms with Crippen molar-refractivity contribution in [2.75, 3.05) is 13.2 Å². The van der Waals surface area contributed by atoms with E-state index in [0.717, 1.165) is 5.56 Å². The molecule has 0 aliphatic rings. The van der Waals surface area contributed by atoms with Crippen LogP contribution >= 0.6 is 0 Å². The summed E-state index contributed by atoms with van der Waals surface area (Å²) in [6.07, 6.45) is -0.360. The average Bonchev–Trinajstić information content (AvgIpc) is 2.30. The van der Waals surface area contributed by atoms with Gasteiger partial charge in [0.1, 0.15) is 13.0 Å². The average molecular weight is 254 g/mol. The van der Waals surface area contributed by atoms with Crippen molar-refractivity contribution in [3.8, 4) is 5.75 Å². The molecule has 98 valence electrons. The predicted molar refractivity (Wildman–Crippen MR) is 62.9 cm³/mol. The van der Waals surface area contributed by atoms with Crippen LogP contribution in [-0.4, -0.2) is 25.0 Å². The summed E-state index contributed by atoms with van der Waals surface area (Å²) in [5, 5.41) is 0. The van der Waals surface area contributed by atoms with Crippen LogP contribution < -0.4 is 4.74 Å². The van der Waals surface area contributed by atoms with Crippen molar-refractivity contribution in [2.24, 2.45) is 0 Å². The lowest BCUT2D eigenvalue weighted by Crippen LogP contribution is -2.17. The number of Topliss-reactive ketones (excluding diaryl/α,β-unsaturated/α-hetero) is 1. The summed E-state index contributed by atoms with van der Waals surface area (Å²) >= 11 is 0. The summed E-state index contributed by atoms with van der Waals surface area (Å²) in [5.74, 6) is -1.58. The molecule has 0 aliphatic carbocycles. The first-order valence-corrected chi connectivity index (χ1v) is 5.59. The monoisotopic (exact) mass is 254 g/mol. The van der Waals surface area contributed by atoms with Crippen molar-refractivity contribution in [1.82, 2.24) is 0 Å². The molecule has 0 bridgehead atoms. The predicted octanol–water partition coefficient (Wildman–Crippen LogP) is 2.04. The Labute approximate surface area is 105 Å². The van der Waals surface area contributed by atoms with E-state index >= 15 is 0 Å². The first kappa shape index (κ1) is 14.2. The first-order chi connectivity index (χ1) is 8.52. The van der Waals surface area contributed by atoms with Crippen molar-refractivity contribution >= 4 is 11.8 Å². The third-order valence-corrected chi connectivity index (χ3v) is 2.12. The molecule has 0 saturated carbocycles. The summed E-state index contributed by atoms with van der Waals surface area (Å²) in [6.45, 7) is 3.31. The molecule has 0 aromatic heterocycles.